The van der Waals surface area contributed by atoms with Crippen LogP contribution in [0, 0.1) is 0 Å². The highest BCUT2D eigenvalue weighted by Gasteiger charge is 2.35. The number of hydrogen-bond donors (Lipinski definition) is 0. The molecule has 0 heterocycles. The molecule has 0 fully saturated rings. The van der Waals surface area contributed by atoms with E-state index in [0.29, 0.717) is 0 Å². The minimum Gasteiger partial charge on any atom is -0.0836 e. The fraction of sp³-hybridized carbons (Fsp3) is 0.183. The van der Waals surface area contributed by atoms with E-state index in [9.17, 15) is 0 Å². The molecule has 9 aromatic rings. The second-order valence-electron chi connectivity index (χ2n) is 20.7. The Bertz CT molecular complexity index is 3800. The van der Waals surface area contributed by atoms with Crippen molar-refractivity contribution in [1.29, 1.82) is 0 Å². The molecule has 0 atom stereocenters. The standard InChI is InChI=1S/C69H54.C2H6/c1-69(2)65-32-14-13-29-57(65)58-35-33-44(42-66(58)69)43-34-36-61-64(39-43)68(50-22-16-20-46(38-50)63-41-48-18-4-6-24-52(48)54-26-8-10-28-56(54)63)60-31-12-11-30-59(60)67(61)49-21-15-19-45(37-49)62-40-47-17-3-5-23-51(47)53-25-7-9-27-55(53)62;1-2/h3-4,9-22,27-42H,5-8,23-26H2,1-2H3;1-2H3. The highest BCUT2D eigenvalue weighted by molar-refractivity contribution is 6.22. The van der Waals surface area contributed by atoms with Crippen LogP contribution in [0.2, 0.25) is 0 Å². The van der Waals surface area contributed by atoms with E-state index >= 15 is 0 Å². The van der Waals surface area contributed by atoms with E-state index in [1.54, 1.807) is 22.3 Å². The number of benzene rings is 9. The normalized spacial score (nSPS) is 15.3. The zero-order valence-corrected chi connectivity index (χ0v) is 41.6. The summed E-state index contributed by atoms with van der Waals surface area (Å²) in [6, 6.07) is 56.6. The monoisotopic (exact) mass is 912 g/mol. The Labute approximate surface area is 420 Å². The molecule has 0 saturated heterocycles. The Morgan fingerprint density at radius 3 is 1.39 bits per heavy atom. The summed E-state index contributed by atoms with van der Waals surface area (Å²) in [5, 5.41) is 5.11. The molecule has 0 radical (unpaired) electrons. The summed E-state index contributed by atoms with van der Waals surface area (Å²) in [4.78, 5) is 0. The second kappa shape index (κ2) is 17.4. The maximum absolute atomic E-state index is 2.51. The van der Waals surface area contributed by atoms with Crippen LogP contribution in [0.3, 0.4) is 0 Å². The third-order valence-electron chi connectivity index (χ3n) is 16.5. The van der Waals surface area contributed by atoms with Gasteiger partial charge in [-0.15, -0.1) is 0 Å². The molecule has 0 unspecified atom stereocenters. The lowest BCUT2D eigenvalue weighted by molar-refractivity contribution is 0.660. The van der Waals surface area contributed by atoms with Crippen molar-refractivity contribution in [2.45, 2.75) is 84.5 Å². The largest absolute Gasteiger partial charge is 0.0836 e. The average Bonchev–Trinajstić information content (AvgIpc) is 3.67. The first-order chi connectivity index (χ1) is 35.0. The molecule has 9 aromatic carbocycles. The van der Waals surface area contributed by atoms with Crippen LogP contribution in [0.5, 0.6) is 0 Å². The van der Waals surface area contributed by atoms with Crippen molar-refractivity contribution in [2.24, 2.45) is 0 Å². The first kappa shape index (κ1) is 43.5. The maximum atomic E-state index is 2.51. The molecule has 0 amide bonds. The molecule has 71 heavy (non-hydrogen) atoms. The fourth-order valence-electron chi connectivity index (χ4n) is 13.2. The summed E-state index contributed by atoms with van der Waals surface area (Å²) in [6.07, 6.45) is 28.0. The summed E-state index contributed by atoms with van der Waals surface area (Å²) >= 11 is 0. The van der Waals surface area contributed by atoms with E-state index in [1.165, 1.54) is 122 Å². The van der Waals surface area contributed by atoms with Crippen molar-refractivity contribution in [3.8, 4) is 66.8 Å². The predicted molar refractivity (Wildman–Crippen MR) is 307 cm³/mol. The zero-order chi connectivity index (χ0) is 47.8. The van der Waals surface area contributed by atoms with Crippen LogP contribution in [-0.4, -0.2) is 0 Å². The van der Waals surface area contributed by atoms with Gasteiger partial charge in [-0.1, -0.05) is 185 Å². The smallest absolute Gasteiger partial charge is 0.0159 e. The molecule has 0 N–H and O–H groups in total. The Kier molecular flexibility index (Phi) is 10.7. The molecule has 0 heteroatoms. The van der Waals surface area contributed by atoms with Gasteiger partial charge in [-0.05, 0) is 232 Å². The zero-order valence-electron chi connectivity index (χ0n) is 41.6. The summed E-state index contributed by atoms with van der Waals surface area (Å²) in [7, 11) is 0. The molecule has 5 aliphatic rings. The van der Waals surface area contributed by atoms with Gasteiger partial charge in [0.15, 0.2) is 0 Å². The van der Waals surface area contributed by atoms with Gasteiger partial charge in [-0.3, -0.25) is 0 Å². The lowest BCUT2D eigenvalue weighted by Crippen LogP contribution is -2.14. The number of fused-ring (bicyclic) bond motifs is 11. The van der Waals surface area contributed by atoms with Crippen LogP contribution >= 0.6 is 0 Å². The van der Waals surface area contributed by atoms with Crippen molar-refractivity contribution in [3.05, 3.63) is 226 Å². The van der Waals surface area contributed by atoms with Gasteiger partial charge >= 0.3 is 0 Å². The molecule has 14 rings (SSSR count). The van der Waals surface area contributed by atoms with Gasteiger partial charge in [0.1, 0.15) is 0 Å². The summed E-state index contributed by atoms with van der Waals surface area (Å²) in [5.41, 5.74) is 30.1. The van der Waals surface area contributed by atoms with Crippen molar-refractivity contribution in [2.75, 3.05) is 0 Å². The van der Waals surface area contributed by atoms with Crippen molar-refractivity contribution in [3.63, 3.8) is 0 Å². The van der Waals surface area contributed by atoms with Gasteiger partial charge in [0, 0.05) is 5.41 Å². The van der Waals surface area contributed by atoms with Crippen LogP contribution in [0.15, 0.2) is 170 Å². The predicted octanol–water partition coefficient (Wildman–Crippen LogP) is 19.5. The molecular weight excluding hydrogens is 853 g/mol. The highest BCUT2D eigenvalue weighted by Crippen LogP contribution is 2.51. The van der Waals surface area contributed by atoms with E-state index in [-0.39, 0.29) is 5.41 Å². The van der Waals surface area contributed by atoms with Crippen LogP contribution in [0.4, 0.5) is 0 Å². The SMILES string of the molecule is CC.CC1(C)c2ccccc2-c2ccc(-c3ccc4c(-c5cccc(-c6cc7c(c8c6C=CCC8)CCC=C7)c5)c5ccccc5c(-c5cccc(-c6cc7c(c8c6C=CCC8)CCC=C7)c5)c4c3)cc21. The van der Waals surface area contributed by atoms with Gasteiger partial charge in [-0.25, -0.2) is 0 Å². The Hall–Kier alpha value is -7.54. The van der Waals surface area contributed by atoms with Crippen LogP contribution in [-0.2, 0) is 31.1 Å². The first-order valence-corrected chi connectivity index (χ1v) is 26.5. The number of rotatable bonds is 5. The van der Waals surface area contributed by atoms with E-state index in [0.717, 1.165) is 51.4 Å². The molecule has 0 spiro atoms. The number of hydrogen-bond acceptors (Lipinski definition) is 0. The molecule has 0 aromatic heterocycles. The van der Waals surface area contributed by atoms with Crippen molar-refractivity contribution < 1.29 is 0 Å². The topological polar surface area (TPSA) is 0 Å². The summed E-state index contributed by atoms with van der Waals surface area (Å²) in [5.74, 6) is 0. The van der Waals surface area contributed by atoms with Crippen LogP contribution < -0.4 is 0 Å². The van der Waals surface area contributed by atoms with Gasteiger partial charge in [0.2, 0.25) is 0 Å². The summed E-state index contributed by atoms with van der Waals surface area (Å²) in [6.45, 7) is 8.77. The van der Waals surface area contributed by atoms with Crippen molar-refractivity contribution in [1.82, 2.24) is 0 Å². The van der Waals surface area contributed by atoms with E-state index in [1.807, 2.05) is 13.8 Å². The second-order valence-corrected chi connectivity index (χ2v) is 20.7. The van der Waals surface area contributed by atoms with Gasteiger partial charge < -0.3 is 0 Å². The molecule has 0 bridgehead atoms. The summed E-state index contributed by atoms with van der Waals surface area (Å²) < 4.78 is 0. The van der Waals surface area contributed by atoms with E-state index < -0.39 is 0 Å². The lowest BCUT2D eigenvalue weighted by Gasteiger charge is -2.24. The Balaban J connectivity index is 0.00000243. The van der Waals surface area contributed by atoms with Gasteiger partial charge in [0.25, 0.3) is 0 Å². The molecule has 344 valence electrons. The van der Waals surface area contributed by atoms with Gasteiger partial charge in [0.05, 0.1) is 0 Å². The lowest BCUT2D eigenvalue weighted by atomic mass is 9.80. The third kappa shape index (κ3) is 7.01. The van der Waals surface area contributed by atoms with Crippen LogP contribution in [0.25, 0.3) is 113 Å². The van der Waals surface area contributed by atoms with E-state index in [4.69, 9.17) is 0 Å². The third-order valence-corrected chi connectivity index (χ3v) is 16.5. The average molecular weight is 913 g/mol. The Morgan fingerprint density at radius 2 is 0.789 bits per heavy atom. The van der Waals surface area contributed by atoms with Gasteiger partial charge in [-0.2, -0.15) is 0 Å². The molecule has 0 saturated carbocycles. The first-order valence-electron chi connectivity index (χ1n) is 26.5. The molecule has 0 nitrogen and oxygen atoms in total. The minimum atomic E-state index is -0.0803. The maximum Gasteiger partial charge on any atom is 0.0159 e. The molecule has 5 aliphatic carbocycles. The van der Waals surface area contributed by atoms with Crippen molar-refractivity contribution >= 4 is 45.8 Å². The number of allylic oxidation sites excluding steroid dienone is 4. The van der Waals surface area contributed by atoms with E-state index in [2.05, 4.69) is 208 Å². The fourth-order valence-corrected chi connectivity index (χ4v) is 13.2. The molecule has 0 aliphatic heterocycles. The molecular formula is C71H60. The quantitative estimate of drug-likeness (QED) is 0.151. The Morgan fingerprint density at radius 1 is 0.324 bits per heavy atom. The highest BCUT2D eigenvalue weighted by atomic mass is 14.4. The van der Waals surface area contributed by atoms with Crippen LogP contribution in [0.1, 0.15) is 109 Å². The minimum absolute atomic E-state index is 0.0803.